The Morgan fingerprint density at radius 2 is 1.34 bits per heavy atom. The molecule has 184 valence electrons. The van der Waals surface area contributed by atoms with Crippen LogP contribution in [0, 0.1) is 0 Å². The lowest BCUT2D eigenvalue weighted by Crippen LogP contribution is -2.73. The van der Waals surface area contributed by atoms with E-state index >= 15 is 0 Å². The van der Waals surface area contributed by atoms with E-state index < -0.39 is 16.6 Å². The third-order valence-corrected chi connectivity index (χ3v) is 6.93. The summed E-state index contributed by atoms with van der Waals surface area (Å²) in [5.74, 6) is -0.242. The molecule has 7 heteroatoms. The lowest BCUT2D eigenvalue weighted by molar-refractivity contribution is -0.152. The summed E-state index contributed by atoms with van der Waals surface area (Å²) in [5.41, 5.74) is 1.06. The summed E-state index contributed by atoms with van der Waals surface area (Å²) in [6.07, 6.45) is 13.1. The molecule has 0 aromatic heterocycles. The highest BCUT2D eigenvalue weighted by molar-refractivity contribution is 6.07. The van der Waals surface area contributed by atoms with E-state index in [1.807, 2.05) is 32.7 Å². The first-order valence-electron chi connectivity index (χ1n) is 12.7. The molecule has 7 nitrogen and oxygen atoms in total. The average Bonchev–Trinajstić information content (AvgIpc) is 2.88. The summed E-state index contributed by atoms with van der Waals surface area (Å²) in [6.45, 7) is 12.3. The van der Waals surface area contributed by atoms with Crippen molar-refractivity contribution in [2.45, 2.75) is 135 Å². The van der Waals surface area contributed by atoms with Crippen LogP contribution in [0.15, 0.2) is 0 Å². The van der Waals surface area contributed by atoms with Crippen LogP contribution in [0.3, 0.4) is 0 Å². The number of carbonyl (C=O) groups excluding carboxylic acids is 3. The van der Waals surface area contributed by atoms with Crippen LogP contribution in [-0.4, -0.2) is 50.9 Å². The Morgan fingerprint density at radius 1 is 0.875 bits per heavy atom. The number of hydrazine groups is 1. The van der Waals surface area contributed by atoms with Crippen LogP contribution >= 0.6 is 0 Å². The summed E-state index contributed by atoms with van der Waals surface area (Å²) < 4.78 is 0. The fourth-order valence-electron chi connectivity index (χ4n) is 5.85. The van der Waals surface area contributed by atoms with Crippen molar-refractivity contribution in [2.24, 2.45) is 0 Å². The minimum Gasteiger partial charge on any atom is -0.323 e. The predicted octanol–water partition coefficient (Wildman–Crippen LogP) is 4.90. The minimum absolute atomic E-state index is 0.109. The normalized spacial score (nSPS) is 21.8. The number of nitrogens with zero attached hydrogens (tertiary/aromatic N) is 2. The zero-order chi connectivity index (χ0) is 24.0. The van der Waals surface area contributed by atoms with Gasteiger partial charge in [-0.1, -0.05) is 64.7 Å². The minimum atomic E-state index is -0.905. The number of nitrogens with one attached hydrogen (secondary N) is 2. The number of imide groups is 1. The first-order chi connectivity index (χ1) is 14.9. The number of piperidine rings is 1. The second kappa shape index (κ2) is 11.0. The summed E-state index contributed by atoms with van der Waals surface area (Å²) in [6, 6.07) is -0.273. The van der Waals surface area contributed by atoms with Crippen LogP contribution in [0.2, 0.25) is 0 Å². The smallest absolute Gasteiger partial charge is 0.323 e. The van der Waals surface area contributed by atoms with Gasteiger partial charge in [0.25, 0.3) is 5.91 Å². The fraction of sp³-hybridized carbons (Fsp3) is 0.880. The Kier molecular flexibility index (Phi) is 9.15. The van der Waals surface area contributed by atoms with E-state index in [0.29, 0.717) is 19.4 Å². The first kappa shape index (κ1) is 26.6. The molecule has 2 aliphatic heterocycles. The summed E-state index contributed by atoms with van der Waals surface area (Å²) in [5, 5.41) is 4.98. The van der Waals surface area contributed by atoms with E-state index in [4.69, 9.17) is 0 Å². The molecule has 0 aromatic rings. The molecule has 0 unspecified atom stereocenters. The van der Waals surface area contributed by atoms with Crippen LogP contribution in [0.1, 0.15) is 119 Å². The van der Waals surface area contributed by atoms with Crippen molar-refractivity contribution < 1.29 is 14.4 Å². The molecule has 2 aliphatic rings. The molecule has 0 atom stereocenters. The first-order valence-corrected chi connectivity index (χ1v) is 12.7. The molecule has 2 rings (SSSR count). The maximum atomic E-state index is 13.4. The number of hydrogen-bond acceptors (Lipinski definition) is 4. The highest BCUT2D eigenvalue weighted by Crippen LogP contribution is 2.45. The number of carbonyl (C=O) groups is 3. The monoisotopic (exact) mass is 450 g/mol. The Labute approximate surface area is 195 Å². The molecule has 32 heavy (non-hydrogen) atoms. The summed E-state index contributed by atoms with van der Waals surface area (Å²) >= 11 is 0. The highest BCUT2D eigenvalue weighted by Gasteiger charge is 2.61. The molecule has 2 heterocycles. The maximum Gasteiger partial charge on any atom is 0.325 e. The molecule has 2 saturated heterocycles. The highest BCUT2D eigenvalue weighted by atomic mass is 16.2. The van der Waals surface area contributed by atoms with Crippen LogP contribution in [0.5, 0.6) is 0 Å². The molecule has 0 aromatic carbocycles. The third-order valence-electron chi connectivity index (χ3n) is 6.93. The molecular weight excluding hydrogens is 404 g/mol. The quantitative estimate of drug-likeness (QED) is 0.327. The Bertz CT molecular complexity index is 656. The van der Waals surface area contributed by atoms with Crippen molar-refractivity contribution in [2.75, 3.05) is 6.54 Å². The molecule has 0 aliphatic carbocycles. The van der Waals surface area contributed by atoms with Gasteiger partial charge in [0, 0.05) is 24.5 Å². The van der Waals surface area contributed by atoms with E-state index in [2.05, 4.69) is 17.7 Å². The lowest BCUT2D eigenvalue weighted by Gasteiger charge is -2.57. The Balaban J connectivity index is 1.86. The van der Waals surface area contributed by atoms with Gasteiger partial charge in [-0.2, -0.15) is 0 Å². The van der Waals surface area contributed by atoms with Crippen molar-refractivity contribution in [1.82, 2.24) is 20.7 Å². The number of unbranched alkanes of at least 4 members (excludes halogenated alkanes) is 9. The van der Waals surface area contributed by atoms with E-state index in [0.717, 1.165) is 19.3 Å². The van der Waals surface area contributed by atoms with Gasteiger partial charge < -0.3 is 5.32 Å². The topological polar surface area (TPSA) is 81.8 Å². The third kappa shape index (κ3) is 6.46. The van der Waals surface area contributed by atoms with Gasteiger partial charge in [0.1, 0.15) is 5.54 Å². The van der Waals surface area contributed by atoms with Crippen molar-refractivity contribution in [1.29, 1.82) is 0 Å². The van der Waals surface area contributed by atoms with Gasteiger partial charge >= 0.3 is 6.03 Å². The zero-order valence-corrected chi connectivity index (χ0v) is 21.3. The van der Waals surface area contributed by atoms with E-state index in [1.165, 1.54) is 56.8 Å². The van der Waals surface area contributed by atoms with Crippen molar-refractivity contribution in [3.05, 3.63) is 0 Å². The molecule has 0 saturated carbocycles. The molecule has 4 amide bonds. The van der Waals surface area contributed by atoms with Gasteiger partial charge in [-0.15, -0.1) is 0 Å². The van der Waals surface area contributed by atoms with E-state index in [-0.39, 0.29) is 17.8 Å². The van der Waals surface area contributed by atoms with Crippen LogP contribution in [0.25, 0.3) is 0 Å². The van der Waals surface area contributed by atoms with E-state index in [9.17, 15) is 14.4 Å². The zero-order valence-electron chi connectivity index (χ0n) is 21.3. The summed E-state index contributed by atoms with van der Waals surface area (Å²) in [7, 11) is 0. The van der Waals surface area contributed by atoms with Gasteiger partial charge in [0.15, 0.2) is 0 Å². The fourth-order valence-corrected chi connectivity index (χ4v) is 5.85. The Hall–Kier alpha value is -1.63. The molecule has 1 spiro atoms. The largest absolute Gasteiger partial charge is 0.325 e. The molecule has 0 radical (unpaired) electrons. The predicted molar refractivity (Wildman–Crippen MR) is 128 cm³/mol. The van der Waals surface area contributed by atoms with Crippen molar-refractivity contribution in [3.8, 4) is 0 Å². The van der Waals surface area contributed by atoms with Crippen molar-refractivity contribution >= 4 is 17.8 Å². The van der Waals surface area contributed by atoms with Gasteiger partial charge in [0.05, 0.1) is 0 Å². The van der Waals surface area contributed by atoms with Crippen LogP contribution in [0.4, 0.5) is 4.79 Å². The van der Waals surface area contributed by atoms with Gasteiger partial charge in [0.2, 0.25) is 5.91 Å². The Morgan fingerprint density at radius 3 is 1.81 bits per heavy atom. The molecule has 2 N–H and O–H groups in total. The standard InChI is InChI=1S/C25H46N4O3/c1-7-8-9-10-11-12-13-14-15-16-17-28-21(31)25(26-22(28)32)18-23(3,4)29(27-20(2)30)24(5,6)19-25/h7-19H2,1-6H3,(H,26,32)(H,27,30). The molecule has 2 fully saturated rings. The van der Waals surface area contributed by atoms with Crippen molar-refractivity contribution in [3.63, 3.8) is 0 Å². The van der Waals surface area contributed by atoms with Gasteiger partial charge in [-0.05, 0) is 47.0 Å². The SMILES string of the molecule is CCCCCCCCCCCCN1C(=O)NC2(CC(C)(C)N(NC(C)=O)C(C)(C)C2)C1=O. The molecule has 0 bridgehead atoms. The average molecular weight is 451 g/mol. The summed E-state index contributed by atoms with van der Waals surface area (Å²) in [4.78, 5) is 39.3. The second-order valence-electron chi connectivity index (χ2n) is 11.1. The van der Waals surface area contributed by atoms with Gasteiger partial charge in [-0.3, -0.25) is 19.9 Å². The second-order valence-corrected chi connectivity index (χ2v) is 11.1. The maximum absolute atomic E-state index is 13.4. The van der Waals surface area contributed by atoms with Crippen LogP contribution < -0.4 is 10.7 Å². The number of hydrogen-bond donors (Lipinski definition) is 2. The number of urea groups is 1. The number of amides is 4. The molecular formula is C25H46N4O3. The number of rotatable bonds is 12. The van der Waals surface area contributed by atoms with Crippen LogP contribution in [-0.2, 0) is 9.59 Å². The van der Waals surface area contributed by atoms with E-state index in [1.54, 1.807) is 0 Å². The lowest BCUT2D eigenvalue weighted by atomic mass is 9.70. The van der Waals surface area contributed by atoms with Gasteiger partial charge in [-0.25, -0.2) is 9.80 Å².